The van der Waals surface area contributed by atoms with Crippen molar-refractivity contribution in [1.82, 2.24) is 15.0 Å². The molecule has 6 nitrogen and oxygen atoms in total. The van der Waals surface area contributed by atoms with Gasteiger partial charge in [-0.15, -0.1) is 0 Å². The molecule has 6 heteroatoms. The van der Waals surface area contributed by atoms with Crippen LogP contribution in [-0.4, -0.2) is 26.8 Å². The monoisotopic (exact) mass is 383 g/mol. The van der Waals surface area contributed by atoms with Gasteiger partial charge in [0.2, 0.25) is 5.82 Å². The van der Waals surface area contributed by atoms with Gasteiger partial charge in [-0.25, -0.2) is 9.97 Å². The lowest BCUT2D eigenvalue weighted by molar-refractivity contribution is 0.0968. The fourth-order valence-corrected chi connectivity index (χ4v) is 4.09. The maximum atomic E-state index is 12.9. The molecule has 5 rings (SSSR count). The number of pyridine rings is 1. The zero-order valence-corrected chi connectivity index (χ0v) is 16.1. The Balaban J connectivity index is 1.63. The highest BCUT2D eigenvalue weighted by molar-refractivity contribution is 6.10. The van der Waals surface area contributed by atoms with E-state index in [1.165, 1.54) is 12.8 Å². The van der Waals surface area contributed by atoms with Crippen LogP contribution in [-0.2, 0) is 0 Å². The van der Waals surface area contributed by atoms with Gasteiger partial charge in [0, 0.05) is 41.5 Å². The molecule has 0 bridgehead atoms. The molecular formula is C23H21N5O. The number of aromatic nitrogens is 3. The lowest BCUT2D eigenvalue weighted by atomic mass is 9.99. The predicted molar refractivity (Wildman–Crippen MR) is 110 cm³/mol. The Hall–Kier alpha value is -3.33. The van der Waals surface area contributed by atoms with E-state index in [0.717, 1.165) is 53.4 Å². The molecule has 2 heterocycles. The first-order valence-corrected chi connectivity index (χ1v) is 10.2. The molecule has 2 saturated carbocycles. The van der Waals surface area contributed by atoms with E-state index in [2.05, 4.69) is 20.3 Å². The molecule has 3 aromatic rings. The highest BCUT2D eigenvalue weighted by Gasteiger charge is 2.33. The van der Waals surface area contributed by atoms with Crippen LogP contribution in [0.15, 0.2) is 36.8 Å². The summed E-state index contributed by atoms with van der Waals surface area (Å²) in [6, 6.07) is 8.33. The number of fused-ring (bicyclic) bond motifs is 1. The smallest absolute Gasteiger partial charge is 0.232 e. The second-order valence-corrected chi connectivity index (χ2v) is 7.95. The molecule has 0 saturated heterocycles. The van der Waals surface area contributed by atoms with E-state index in [9.17, 15) is 4.79 Å². The molecule has 144 valence electrons. The minimum atomic E-state index is 0.147. The topological polar surface area (TPSA) is 91.6 Å². The maximum absolute atomic E-state index is 12.9. The van der Waals surface area contributed by atoms with Crippen molar-refractivity contribution in [2.75, 3.05) is 5.32 Å². The standard InChI is InChI=1S/C23H21N5O/c24-10-21-26-11-16(12-27-21)15-7-8-20-18(9-15)22(28-17-3-1-2-4-17)19(13-25-20)23(29)14-5-6-14/h7-9,11-14,17H,1-6H2,(H,25,28). The summed E-state index contributed by atoms with van der Waals surface area (Å²) in [4.78, 5) is 25.7. The van der Waals surface area contributed by atoms with Crippen LogP contribution in [0.25, 0.3) is 22.0 Å². The zero-order valence-electron chi connectivity index (χ0n) is 16.1. The summed E-state index contributed by atoms with van der Waals surface area (Å²) < 4.78 is 0. The maximum Gasteiger partial charge on any atom is 0.232 e. The molecule has 29 heavy (non-hydrogen) atoms. The molecule has 2 fully saturated rings. The summed E-state index contributed by atoms with van der Waals surface area (Å²) in [6.07, 6.45) is 11.7. The minimum Gasteiger partial charge on any atom is -0.381 e. The Morgan fingerprint density at radius 3 is 2.45 bits per heavy atom. The van der Waals surface area contributed by atoms with Crippen LogP contribution in [0, 0.1) is 17.2 Å². The first-order chi connectivity index (χ1) is 14.2. The molecule has 1 N–H and O–H groups in total. The lowest BCUT2D eigenvalue weighted by Gasteiger charge is -2.19. The summed E-state index contributed by atoms with van der Waals surface area (Å²) in [7, 11) is 0. The average molecular weight is 383 g/mol. The van der Waals surface area contributed by atoms with Crippen molar-refractivity contribution in [2.24, 2.45) is 5.92 Å². The molecule has 0 amide bonds. The van der Waals surface area contributed by atoms with Crippen molar-refractivity contribution < 1.29 is 4.79 Å². The van der Waals surface area contributed by atoms with Crippen LogP contribution in [0.1, 0.15) is 54.7 Å². The summed E-state index contributed by atoms with van der Waals surface area (Å²) in [6.45, 7) is 0. The number of anilines is 1. The first-order valence-electron chi connectivity index (χ1n) is 10.2. The van der Waals surface area contributed by atoms with Crippen molar-refractivity contribution in [3.63, 3.8) is 0 Å². The van der Waals surface area contributed by atoms with Gasteiger partial charge in [-0.1, -0.05) is 18.9 Å². The average Bonchev–Trinajstić information content (AvgIpc) is 3.50. The van der Waals surface area contributed by atoms with E-state index in [1.54, 1.807) is 18.6 Å². The van der Waals surface area contributed by atoms with Crippen LogP contribution in [0.3, 0.4) is 0 Å². The van der Waals surface area contributed by atoms with Gasteiger partial charge in [0.05, 0.1) is 16.8 Å². The largest absolute Gasteiger partial charge is 0.381 e. The third kappa shape index (κ3) is 3.44. The van der Waals surface area contributed by atoms with Crippen LogP contribution in [0.5, 0.6) is 0 Å². The number of nitrogens with zero attached hydrogens (tertiary/aromatic N) is 4. The number of hydrogen-bond acceptors (Lipinski definition) is 6. The van der Waals surface area contributed by atoms with E-state index < -0.39 is 0 Å². The van der Waals surface area contributed by atoms with Gasteiger partial charge in [-0.3, -0.25) is 9.78 Å². The number of ketones is 1. The van der Waals surface area contributed by atoms with Gasteiger partial charge in [-0.2, -0.15) is 5.26 Å². The fourth-order valence-electron chi connectivity index (χ4n) is 4.09. The highest BCUT2D eigenvalue weighted by Crippen LogP contribution is 2.38. The van der Waals surface area contributed by atoms with E-state index >= 15 is 0 Å². The SMILES string of the molecule is N#Cc1ncc(-c2ccc3ncc(C(=O)C4CC4)c(NC4CCCC4)c3c2)cn1. The Kier molecular flexibility index (Phi) is 4.44. The second-order valence-electron chi connectivity index (χ2n) is 7.95. The number of nitriles is 1. The summed E-state index contributed by atoms with van der Waals surface area (Å²) in [5.41, 5.74) is 4.25. The van der Waals surface area contributed by atoms with Crippen LogP contribution >= 0.6 is 0 Å². The number of rotatable bonds is 5. The van der Waals surface area contributed by atoms with Crippen molar-refractivity contribution in [3.05, 3.63) is 48.2 Å². The second kappa shape index (κ2) is 7.25. The highest BCUT2D eigenvalue weighted by atomic mass is 16.1. The zero-order chi connectivity index (χ0) is 19.8. The van der Waals surface area contributed by atoms with Crippen LogP contribution < -0.4 is 5.32 Å². The number of hydrogen-bond donors (Lipinski definition) is 1. The van der Waals surface area contributed by atoms with E-state index in [0.29, 0.717) is 11.6 Å². The molecule has 2 aromatic heterocycles. The molecule has 0 radical (unpaired) electrons. The number of nitrogens with one attached hydrogen (secondary N) is 1. The normalized spacial score (nSPS) is 16.7. The minimum absolute atomic E-state index is 0.147. The number of carbonyl (C=O) groups is 1. The Bertz CT molecular complexity index is 1120. The number of benzene rings is 1. The van der Waals surface area contributed by atoms with Gasteiger partial charge in [0.15, 0.2) is 5.78 Å². The molecule has 1 aromatic carbocycles. The molecule has 0 atom stereocenters. The van der Waals surface area contributed by atoms with Gasteiger partial charge in [-0.05, 0) is 43.4 Å². The van der Waals surface area contributed by atoms with Crippen LogP contribution in [0.4, 0.5) is 5.69 Å². The van der Waals surface area contributed by atoms with Gasteiger partial charge < -0.3 is 5.32 Å². The number of carbonyl (C=O) groups excluding carboxylic acids is 1. The van der Waals surface area contributed by atoms with E-state index in [1.807, 2.05) is 24.3 Å². The molecule has 0 spiro atoms. The third-order valence-electron chi connectivity index (χ3n) is 5.87. The van der Waals surface area contributed by atoms with Crippen molar-refractivity contribution >= 4 is 22.4 Å². The molecule has 0 unspecified atom stereocenters. The van der Waals surface area contributed by atoms with Gasteiger partial charge in [0.1, 0.15) is 6.07 Å². The van der Waals surface area contributed by atoms with E-state index in [-0.39, 0.29) is 17.5 Å². The summed E-state index contributed by atoms with van der Waals surface area (Å²) in [5, 5.41) is 13.5. The molecule has 2 aliphatic rings. The Morgan fingerprint density at radius 2 is 1.76 bits per heavy atom. The summed E-state index contributed by atoms with van der Waals surface area (Å²) >= 11 is 0. The summed E-state index contributed by atoms with van der Waals surface area (Å²) in [5.74, 6) is 0.498. The van der Waals surface area contributed by atoms with Crippen LogP contribution in [0.2, 0.25) is 0 Å². The third-order valence-corrected chi connectivity index (χ3v) is 5.87. The first kappa shape index (κ1) is 17.7. The fraction of sp³-hybridized carbons (Fsp3) is 0.348. The Morgan fingerprint density at radius 1 is 1.00 bits per heavy atom. The van der Waals surface area contributed by atoms with Crippen molar-refractivity contribution in [1.29, 1.82) is 5.26 Å². The van der Waals surface area contributed by atoms with E-state index in [4.69, 9.17) is 5.26 Å². The number of Topliss-reactive ketones (excluding diaryl/α,β-unsaturated/α-hetero) is 1. The predicted octanol–water partition coefficient (Wildman–Crippen LogP) is 4.51. The Labute approximate surface area is 169 Å². The van der Waals surface area contributed by atoms with Gasteiger partial charge >= 0.3 is 0 Å². The molecular weight excluding hydrogens is 362 g/mol. The van der Waals surface area contributed by atoms with Crippen molar-refractivity contribution in [3.8, 4) is 17.2 Å². The van der Waals surface area contributed by atoms with Crippen molar-refractivity contribution in [2.45, 2.75) is 44.6 Å². The lowest BCUT2D eigenvalue weighted by Crippen LogP contribution is -2.18. The molecule has 0 aliphatic heterocycles. The van der Waals surface area contributed by atoms with Gasteiger partial charge in [0.25, 0.3) is 0 Å². The quantitative estimate of drug-likeness (QED) is 0.652. The molecule has 2 aliphatic carbocycles.